The molecule has 11 heavy (non-hydrogen) atoms. The summed E-state index contributed by atoms with van der Waals surface area (Å²) in [5, 5.41) is 8.25. The van der Waals surface area contributed by atoms with Crippen molar-refractivity contribution < 1.29 is 28.9 Å². The van der Waals surface area contributed by atoms with Gasteiger partial charge in [0.15, 0.2) is 0 Å². The number of aliphatic hydroxyl groups is 1. The highest BCUT2D eigenvalue weighted by atomic mass is 31.1. The van der Waals surface area contributed by atoms with Gasteiger partial charge in [-0.1, -0.05) is 0 Å². The Morgan fingerprint density at radius 2 is 2.27 bits per heavy atom. The molecule has 0 aliphatic rings. The van der Waals surface area contributed by atoms with E-state index < -0.39 is 26.9 Å². The lowest BCUT2D eigenvalue weighted by atomic mass is 10.3. The molecule has 7 nitrogen and oxygen atoms in total. The summed E-state index contributed by atoms with van der Waals surface area (Å²) in [6, 6.07) is -1.26. The van der Waals surface area contributed by atoms with Crippen LogP contribution in [-0.2, 0) is 18.9 Å². The normalized spacial score (nSPS) is 13.9. The van der Waals surface area contributed by atoms with Gasteiger partial charge in [0.05, 0.1) is 6.61 Å². The number of aliphatic hydroxyl groups excluding tert-OH is 1. The molecule has 0 fully saturated rings. The Balaban J connectivity index is 3.60. The molecule has 2 unspecified atom stereocenters. The summed E-state index contributed by atoms with van der Waals surface area (Å²) in [7, 11) is -2.99. The molecule has 0 rings (SSSR count). The highest BCUT2D eigenvalue weighted by molar-refractivity contribution is 7.31. The molecule has 0 aliphatic heterocycles. The van der Waals surface area contributed by atoms with Gasteiger partial charge in [-0.3, -0.25) is 0 Å². The lowest BCUT2D eigenvalue weighted by Crippen LogP contribution is -2.35. The fourth-order valence-corrected chi connectivity index (χ4v) is 0.342. The van der Waals surface area contributed by atoms with Gasteiger partial charge >= 0.3 is 14.2 Å². The molecular weight excluding hydrogens is 177 g/mol. The Labute approximate surface area is 62.6 Å². The second-order valence-corrected chi connectivity index (χ2v) is 2.13. The molecule has 0 amide bonds. The summed E-state index contributed by atoms with van der Waals surface area (Å²) in [6.45, 7) is -0.621. The Morgan fingerprint density at radius 3 is 2.64 bits per heavy atom. The summed E-state index contributed by atoms with van der Waals surface area (Å²) in [6.07, 6.45) is 0. The zero-order valence-corrected chi connectivity index (χ0v) is 6.23. The lowest BCUT2D eigenvalue weighted by Gasteiger charge is -2.00. The van der Waals surface area contributed by atoms with Gasteiger partial charge in [0, 0.05) is 4.57 Å². The minimum atomic E-state index is -2.99. The van der Waals surface area contributed by atoms with Crippen LogP contribution in [0.5, 0.6) is 0 Å². The highest BCUT2D eigenvalue weighted by Crippen LogP contribution is 2.14. The number of hydrogen-bond acceptors (Lipinski definition) is 6. The molecule has 0 aromatic heterocycles. The van der Waals surface area contributed by atoms with Crippen molar-refractivity contribution in [3.63, 3.8) is 0 Å². The molecule has 0 heterocycles. The molecule has 4 N–H and O–H groups in total. The minimum absolute atomic E-state index is 0.621. The van der Waals surface area contributed by atoms with Crippen LogP contribution in [0.1, 0.15) is 0 Å². The molecule has 0 spiro atoms. The second-order valence-electron chi connectivity index (χ2n) is 1.50. The summed E-state index contributed by atoms with van der Waals surface area (Å²) in [4.78, 5) is 22.1. The fraction of sp³-hybridized carbons (Fsp3) is 0.667. The number of rotatable bonds is 4. The van der Waals surface area contributed by atoms with E-state index in [0.29, 0.717) is 0 Å². The van der Waals surface area contributed by atoms with E-state index in [1.807, 2.05) is 0 Å². The quantitative estimate of drug-likeness (QED) is 0.274. The van der Waals surface area contributed by atoms with Gasteiger partial charge in [-0.2, -0.15) is 0 Å². The van der Waals surface area contributed by atoms with E-state index in [9.17, 15) is 9.36 Å². The first-order valence-electron chi connectivity index (χ1n) is 2.49. The first kappa shape index (κ1) is 10.4. The monoisotopic (exact) mass is 184 g/mol. The molecule has 0 aromatic carbocycles. The van der Waals surface area contributed by atoms with Crippen LogP contribution in [0.25, 0.3) is 0 Å². The standard InChI is InChI=1S/C3H6NO6P/c4-2(1-5)3(6)9-10-11(7)8/h2,5H,1,4H2/p+1. The van der Waals surface area contributed by atoms with Gasteiger partial charge in [0.25, 0.3) is 0 Å². The van der Waals surface area contributed by atoms with Crippen LogP contribution in [0.4, 0.5) is 0 Å². The average Bonchev–Trinajstić information content (AvgIpc) is 1.98. The number of hydrogen-bond donors (Lipinski definition) is 3. The maximum absolute atomic E-state index is 10.4. The molecule has 0 aliphatic carbocycles. The first-order chi connectivity index (χ1) is 5.07. The maximum atomic E-state index is 10.4. The van der Waals surface area contributed by atoms with Gasteiger partial charge in [-0.05, 0) is 0 Å². The third kappa shape index (κ3) is 4.77. The summed E-state index contributed by atoms with van der Waals surface area (Å²) < 4.78 is 13.3. The smallest absolute Gasteiger partial charge is 0.394 e. The SMILES string of the molecule is NC(CO)C(=O)OO[P+](=O)O. The lowest BCUT2D eigenvalue weighted by molar-refractivity contribution is -0.216. The third-order valence-corrected chi connectivity index (χ3v) is 0.885. The minimum Gasteiger partial charge on any atom is -0.394 e. The zero-order valence-electron chi connectivity index (χ0n) is 5.34. The average molecular weight is 184 g/mol. The van der Waals surface area contributed by atoms with E-state index in [4.69, 9.17) is 15.7 Å². The Morgan fingerprint density at radius 1 is 1.73 bits per heavy atom. The first-order valence-corrected chi connectivity index (χ1v) is 3.62. The van der Waals surface area contributed by atoms with Gasteiger partial charge in [-0.25, -0.2) is 9.68 Å². The molecule has 0 saturated heterocycles. The Bertz CT molecular complexity index is 160. The summed E-state index contributed by atoms with van der Waals surface area (Å²) in [5.74, 6) is -1.11. The topological polar surface area (TPSA) is 119 Å². The molecule has 64 valence electrons. The molecule has 0 bridgehead atoms. The van der Waals surface area contributed by atoms with Gasteiger partial charge in [-0.15, -0.1) is 4.89 Å². The van der Waals surface area contributed by atoms with Gasteiger partial charge in [0.1, 0.15) is 10.7 Å². The van der Waals surface area contributed by atoms with E-state index in [1.165, 1.54) is 0 Å². The van der Waals surface area contributed by atoms with Crippen molar-refractivity contribution in [2.75, 3.05) is 6.61 Å². The molecule has 8 heteroatoms. The van der Waals surface area contributed by atoms with Gasteiger partial charge < -0.3 is 10.8 Å². The van der Waals surface area contributed by atoms with Crippen LogP contribution in [0.15, 0.2) is 0 Å². The predicted molar refractivity (Wildman–Crippen MR) is 32.1 cm³/mol. The molecular formula is C3H7NO6P+. The van der Waals surface area contributed by atoms with Crippen LogP contribution >= 0.6 is 8.25 Å². The van der Waals surface area contributed by atoms with E-state index in [2.05, 4.69) is 9.56 Å². The van der Waals surface area contributed by atoms with Crippen molar-refractivity contribution in [1.82, 2.24) is 0 Å². The van der Waals surface area contributed by atoms with E-state index in [0.717, 1.165) is 0 Å². The van der Waals surface area contributed by atoms with Crippen molar-refractivity contribution in [3.8, 4) is 0 Å². The van der Waals surface area contributed by atoms with Crippen molar-refractivity contribution in [2.45, 2.75) is 6.04 Å². The van der Waals surface area contributed by atoms with E-state index in [-0.39, 0.29) is 0 Å². The maximum Gasteiger partial charge on any atom is 0.736 e. The number of carbonyl (C=O) groups excluding carboxylic acids is 1. The van der Waals surface area contributed by atoms with Crippen molar-refractivity contribution in [3.05, 3.63) is 0 Å². The van der Waals surface area contributed by atoms with Crippen LogP contribution in [0.3, 0.4) is 0 Å². The Kier molecular flexibility index (Phi) is 4.84. The third-order valence-electron chi connectivity index (χ3n) is 0.683. The van der Waals surface area contributed by atoms with Crippen molar-refractivity contribution in [1.29, 1.82) is 0 Å². The summed E-state index contributed by atoms with van der Waals surface area (Å²) in [5.41, 5.74) is 4.92. The van der Waals surface area contributed by atoms with Crippen LogP contribution < -0.4 is 5.73 Å². The van der Waals surface area contributed by atoms with E-state index in [1.54, 1.807) is 0 Å². The second kappa shape index (κ2) is 5.11. The predicted octanol–water partition coefficient (Wildman–Crippen LogP) is -1.57. The van der Waals surface area contributed by atoms with Crippen molar-refractivity contribution >= 4 is 14.2 Å². The highest BCUT2D eigenvalue weighted by Gasteiger charge is 2.22. The van der Waals surface area contributed by atoms with Crippen LogP contribution in [-0.4, -0.2) is 28.6 Å². The van der Waals surface area contributed by atoms with Gasteiger partial charge in [0.2, 0.25) is 0 Å². The molecule has 2 atom stereocenters. The molecule has 0 aromatic rings. The number of carbonyl (C=O) groups is 1. The Hall–Kier alpha value is -0.590. The van der Waals surface area contributed by atoms with Crippen molar-refractivity contribution in [2.24, 2.45) is 5.73 Å². The largest absolute Gasteiger partial charge is 0.736 e. The van der Waals surface area contributed by atoms with Crippen LogP contribution in [0.2, 0.25) is 0 Å². The zero-order chi connectivity index (χ0) is 8.85. The molecule has 0 saturated carbocycles. The van der Waals surface area contributed by atoms with E-state index >= 15 is 0 Å². The number of nitrogens with two attached hydrogens (primary N) is 1. The summed E-state index contributed by atoms with van der Waals surface area (Å²) >= 11 is 0. The fourth-order valence-electron chi connectivity index (χ4n) is 0.205. The molecule has 0 radical (unpaired) electrons. The van der Waals surface area contributed by atoms with Crippen LogP contribution in [0, 0.1) is 0 Å².